The van der Waals surface area contributed by atoms with Crippen LogP contribution in [-0.4, -0.2) is 50.6 Å². The molecule has 2 amide bonds. The van der Waals surface area contributed by atoms with Crippen molar-refractivity contribution in [1.82, 2.24) is 16.0 Å². The lowest BCUT2D eigenvalue weighted by atomic mass is 10.2. The molecule has 0 aromatic carbocycles. The average Bonchev–Trinajstić information content (AvgIpc) is 2.38. The summed E-state index contributed by atoms with van der Waals surface area (Å²) in [5.74, 6) is -0.454. The molecule has 0 aromatic heterocycles. The Morgan fingerprint density at radius 1 is 1.15 bits per heavy atom. The van der Waals surface area contributed by atoms with Crippen molar-refractivity contribution in [2.24, 2.45) is 5.92 Å². The summed E-state index contributed by atoms with van der Waals surface area (Å²) in [6.45, 7) is 6.67. The molecule has 0 spiro atoms. The van der Waals surface area contributed by atoms with E-state index >= 15 is 0 Å². The van der Waals surface area contributed by atoms with E-state index in [9.17, 15) is 14.4 Å². The van der Waals surface area contributed by atoms with Crippen LogP contribution in [0.25, 0.3) is 0 Å². The Bertz CT molecular complexity index is 332. The molecule has 0 saturated heterocycles. The van der Waals surface area contributed by atoms with Crippen LogP contribution < -0.4 is 16.0 Å². The maximum absolute atomic E-state index is 11.4. The number of carbonyl (C=O) groups excluding carboxylic acids is 3. The van der Waals surface area contributed by atoms with E-state index in [0.29, 0.717) is 25.4 Å². The monoisotopic (exact) mass is 287 g/mol. The smallest absolute Gasteiger partial charge is 0.329 e. The van der Waals surface area contributed by atoms with Crippen LogP contribution in [0.3, 0.4) is 0 Å². The molecule has 0 heterocycles. The molecule has 0 radical (unpaired) electrons. The van der Waals surface area contributed by atoms with E-state index in [0.717, 1.165) is 0 Å². The van der Waals surface area contributed by atoms with E-state index in [4.69, 9.17) is 0 Å². The number of esters is 1. The zero-order valence-corrected chi connectivity index (χ0v) is 12.6. The van der Waals surface area contributed by atoms with Crippen LogP contribution in [0.15, 0.2) is 0 Å². The standard InChI is InChI=1S/C13H25N3O4/c1-9(2)7-15-12(18)5-6-14-8-11(13(19)20-4)16-10(3)17/h9,11,14H,5-8H2,1-4H3,(H,15,18)(H,16,17). The second kappa shape index (κ2) is 10.2. The van der Waals surface area contributed by atoms with Gasteiger partial charge in [0, 0.05) is 33.0 Å². The molecule has 1 atom stereocenters. The average molecular weight is 287 g/mol. The minimum absolute atomic E-state index is 0.0413. The van der Waals surface area contributed by atoms with Crippen LogP contribution in [-0.2, 0) is 19.1 Å². The fourth-order valence-corrected chi connectivity index (χ4v) is 1.44. The molecule has 0 bridgehead atoms. The van der Waals surface area contributed by atoms with Crippen molar-refractivity contribution in [3.8, 4) is 0 Å². The number of methoxy groups -OCH3 is 1. The van der Waals surface area contributed by atoms with Crippen LogP contribution in [0.2, 0.25) is 0 Å². The van der Waals surface area contributed by atoms with Crippen molar-refractivity contribution in [2.75, 3.05) is 26.7 Å². The maximum atomic E-state index is 11.4. The van der Waals surface area contributed by atoms with Crippen LogP contribution in [0.5, 0.6) is 0 Å². The van der Waals surface area contributed by atoms with Crippen LogP contribution in [0, 0.1) is 5.92 Å². The number of amides is 2. The summed E-state index contributed by atoms with van der Waals surface area (Å²) in [6.07, 6.45) is 0.320. The second-order valence-corrected chi connectivity index (χ2v) is 4.93. The van der Waals surface area contributed by atoms with Crippen LogP contribution in [0.1, 0.15) is 27.2 Å². The number of carbonyl (C=O) groups is 3. The minimum Gasteiger partial charge on any atom is -0.467 e. The highest BCUT2D eigenvalue weighted by molar-refractivity contribution is 5.83. The van der Waals surface area contributed by atoms with Gasteiger partial charge in [0.05, 0.1) is 7.11 Å². The Balaban J connectivity index is 3.91. The summed E-state index contributed by atoms with van der Waals surface area (Å²) in [5, 5.41) is 8.23. The van der Waals surface area contributed by atoms with Gasteiger partial charge >= 0.3 is 5.97 Å². The van der Waals surface area contributed by atoms with Gasteiger partial charge in [-0.3, -0.25) is 9.59 Å². The van der Waals surface area contributed by atoms with Crippen molar-refractivity contribution in [3.05, 3.63) is 0 Å². The molecule has 1 unspecified atom stereocenters. The first-order valence-electron chi connectivity index (χ1n) is 6.69. The molecule has 0 aliphatic rings. The van der Waals surface area contributed by atoms with E-state index in [1.807, 2.05) is 13.8 Å². The first-order valence-corrected chi connectivity index (χ1v) is 6.69. The van der Waals surface area contributed by atoms with Gasteiger partial charge in [-0.2, -0.15) is 0 Å². The molecule has 7 heteroatoms. The summed E-state index contributed by atoms with van der Waals surface area (Å²) >= 11 is 0. The first kappa shape index (κ1) is 18.4. The second-order valence-electron chi connectivity index (χ2n) is 4.93. The van der Waals surface area contributed by atoms with Gasteiger partial charge in [0.25, 0.3) is 0 Å². The molecule has 0 fully saturated rings. The number of ether oxygens (including phenoxy) is 1. The van der Waals surface area contributed by atoms with E-state index in [-0.39, 0.29) is 18.4 Å². The summed E-state index contributed by atoms with van der Waals surface area (Å²) in [5.41, 5.74) is 0. The number of nitrogens with one attached hydrogen (secondary N) is 3. The van der Waals surface area contributed by atoms with Crippen molar-refractivity contribution in [1.29, 1.82) is 0 Å². The van der Waals surface area contributed by atoms with Crippen molar-refractivity contribution in [2.45, 2.75) is 33.2 Å². The summed E-state index contributed by atoms with van der Waals surface area (Å²) in [6, 6.07) is -0.740. The molecule has 0 aliphatic carbocycles. The highest BCUT2D eigenvalue weighted by Gasteiger charge is 2.19. The lowest BCUT2D eigenvalue weighted by Gasteiger charge is -2.16. The lowest BCUT2D eigenvalue weighted by molar-refractivity contribution is -0.144. The van der Waals surface area contributed by atoms with E-state index in [2.05, 4.69) is 20.7 Å². The minimum atomic E-state index is -0.740. The number of rotatable bonds is 9. The molecule has 0 rings (SSSR count). The Labute approximate surface area is 119 Å². The Hall–Kier alpha value is -1.63. The van der Waals surface area contributed by atoms with Gasteiger partial charge in [0.1, 0.15) is 6.04 Å². The third-order valence-corrected chi connectivity index (χ3v) is 2.45. The quantitative estimate of drug-likeness (QED) is 0.389. The SMILES string of the molecule is COC(=O)C(CNCCC(=O)NCC(C)C)NC(C)=O. The number of hydrogen-bond acceptors (Lipinski definition) is 5. The molecule has 7 nitrogen and oxygen atoms in total. The summed E-state index contributed by atoms with van der Waals surface area (Å²) in [4.78, 5) is 33.8. The summed E-state index contributed by atoms with van der Waals surface area (Å²) in [7, 11) is 1.26. The van der Waals surface area contributed by atoms with Crippen molar-refractivity contribution < 1.29 is 19.1 Å². The Kier molecular flexibility index (Phi) is 9.36. The molecule has 0 aliphatic heterocycles. The van der Waals surface area contributed by atoms with E-state index < -0.39 is 12.0 Å². The lowest BCUT2D eigenvalue weighted by Crippen LogP contribution is -2.47. The largest absolute Gasteiger partial charge is 0.467 e. The van der Waals surface area contributed by atoms with Gasteiger partial charge in [-0.1, -0.05) is 13.8 Å². The molecule has 3 N–H and O–H groups in total. The molecular weight excluding hydrogens is 262 g/mol. The molecule has 20 heavy (non-hydrogen) atoms. The van der Waals surface area contributed by atoms with Crippen molar-refractivity contribution >= 4 is 17.8 Å². The predicted molar refractivity (Wildman–Crippen MR) is 75.0 cm³/mol. The van der Waals surface area contributed by atoms with Crippen LogP contribution in [0.4, 0.5) is 0 Å². The maximum Gasteiger partial charge on any atom is 0.329 e. The third kappa shape index (κ3) is 9.32. The molecule has 0 aromatic rings. The fourth-order valence-electron chi connectivity index (χ4n) is 1.44. The van der Waals surface area contributed by atoms with E-state index in [1.165, 1.54) is 14.0 Å². The topological polar surface area (TPSA) is 96.5 Å². The molecule has 0 saturated carbocycles. The van der Waals surface area contributed by atoms with Gasteiger partial charge in [0.15, 0.2) is 0 Å². The molecule has 116 valence electrons. The predicted octanol–water partition coefficient (Wildman–Crippen LogP) is -0.584. The van der Waals surface area contributed by atoms with Gasteiger partial charge in [-0.05, 0) is 5.92 Å². The van der Waals surface area contributed by atoms with Crippen LogP contribution >= 0.6 is 0 Å². The number of hydrogen-bond donors (Lipinski definition) is 3. The third-order valence-electron chi connectivity index (χ3n) is 2.45. The van der Waals surface area contributed by atoms with Gasteiger partial charge in [-0.15, -0.1) is 0 Å². The zero-order valence-electron chi connectivity index (χ0n) is 12.6. The fraction of sp³-hybridized carbons (Fsp3) is 0.769. The van der Waals surface area contributed by atoms with Gasteiger partial charge < -0.3 is 20.7 Å². The highest BCUT2D eigenvalue weighted by atomic mass is 16.5. The van der Waals surface area contributed by atoms with Gasteiger partial charge in [-0.25, -0.2) is 4.79 Å². The first-order chi connectivity index (χ1) is 9.36. The molecular formula is C13H25N3O4. The Morgan fingerprint density at radius 2 is 1.80 bits per heavy atom. The highest BCUT2D eigenvalue weighted by Crippen LogP contribution is 1.89. The van der Waals surface area contributed by atoms with E-state index in [1.54, 1.807) is 0 Å². The summed E-state index contributed by atoms with van der Waals surface area (Å²) < 4.78 is 4.58. The normalized spacial score (nSPS) is 11.8. The Morgan fingerprint density at radius 3 is 2.30 bits per heavy atom. The van der Waals surface area contributed by atoms with Crippen molar-refractivity contribution in [3.63, 3.8) is 0 Å². The van der Waals surface area contributed by atoms with Gasteiger partial charge in [0.2, 0.25) is 11.8 Å². The zero-order chi connectivity index (χ0) is 15.5.